The summed E-state index contributed by atoms with van der Waals surface area (Å²) >= 11 is 7.11. The second-order valence-electron chi connectivity index (χ2n) is 5.32. The molecule has 0 spiro atoms. The van der Waals surface area contributed by atoms with Crippen molar-refractivity contribution in [1.29, 1.82) is 0 Å². The molecular weight excluding hydrogens is 346 g/mol. The van der Waals surface area contributed by atoms with Crippen molar-refractivity contribution in [1.82, 2.24) is 10.3 Å². The molecule has 5 nitrogen and oxygen atoms in total. The van der Waals surface area contributed by atoms with Crippen LogP contribution < -0.4 is 11.1 Å². The molecule has 1 aromatic carbocycles. The van der Waals surface area contributed by atoms with E-state index in [0.717, 1.165) is 16.8 Å². The summed E-state index contributed by atoms with van der Waals surface area (Å²) < 4.78 is 0. The lowest BCUT2D eigenvalue weighted by Gasteiger charge is -2.10. The number of rotatable bonds is 6. The number of carbonyl (C=O) groups is 2. The molecule has 0 aliphatic rings. The van der Waals surface area contributed by atoms with Crippen LogP contribution in [0.2, 0.25) is 5.02 Å². The largest absolute Gasteiger partial charge is 0.366 e. The maximum atomic E-state index is 12.0. The monoisotopic (exact) mass is 363 g/mol. The van der Waals surface area contributed by atoms with E-state index in [9.17, 15) is 9.59 Å². The van der Waals surface area contributed by atoms with E-state index in [0.29, 0.717) is 22.2 Å². The van der Waals surface area contributed by atoms with E-state index in [-0.39, 0.29) is 11.7 Å². The van der Waals surface area contributed by atoms with Gasteiger partial charge in [-0.1, -0.05) is 35.5 Å². The summed E-state index contributed by atoms with van der Waals surface area (Å²) in [4.78, 5) is 27.9. The first-order valence-electron chi connectivity index (χ1n) is 7.29. The average molecular weight is 364 g/mol. The topological polar surface area (TPSA) is 85.1 Å². The standard InChI is InChI=1S/C17H18ClN3O2S/c1-10-6-11(2)21-17(15(10)16(19)23)24-9-14(22)20-8-12-4-3-5-13(18)7-12/h3-7H,8-9H2,1-2H3,(H2,19,23)(H,20,22). The average Bonchev–Trinajstić information content (AvgIpc) is 2.50. The first kappa shape index (κ1) is 18.3. The van der Waals surface area contributed by atoms with Gasteiger partial charge in [-0.05, 0) is 43.2 Å². The molecule has 24 heavy (non-hydrogen) atoms. The molecule has 0 bridgehead atoms. The lowest BCUT2D eigenvalue weighted by molar-refractivity contribution is -0.118. The minimum atomic E-state index is -0.540. The van der Waals surface area contributed by atoms with E-state index in [1.807, 2.05) is 19.1 Å². The molecule has 1 heterocycles. The Morgan fingerprint density at radius 1 is 1.29 bits per heavy atom. The summed E-state index contributed by atoms with van der Waals surface area (Å²) in [5.74, 6) is -0.547. The van der Waals surface area contributed by atoms with Crippen molar-refractivity contribution in [2.24, 2.45) is 5.73 Å². The predicted octanol–water partition coefficient (Wildman–Crippen LogP) is 2.86. The van der Waals surface area contributed by atoms with Gasteiger partial charge >= 0.3 is 0 Å². The Bertz CT molecular complexity index is 780. The molecule has 0 aliphatic heterocycles. The van der Waals surface area contributed by atoms with Crippen LogP contribution in [0.1, 0.15) is 27.2 Å². The number of pyridine rings is 1. The van der Waals surface area contributed by atoms with Gasteiger partial charge < -0.3 is 11.1 Å². The minimum absolute atomic E-state index is 0.150. The van der Waals surface area contributed by atoms with Gasteiger partial charge in [0.2, 0.25) is 5.91 Å². The van der Waals surface area contributed by atoms with Gasteiger partial charge in [0.15, 0.2) is 0 Å². The van der Waals surface area contributed by atoms with Gasteiger partial charge in [-0.2, -0.15) is 0 Å². The number of thioether (sulfide) groups is 1. The molecule has 0 fully saturated rings. The van der Waals surface area contributed by atoms with Crippen molar-refractivity contribution in [2.45, 2.75) is 25.4 Å². The van der Waals surface area contributed by atoms with Gasteiger partial charge in [-0.25, -0.2) is 4.98 Å². The number of aryl methyl sites for hydroxylation is 2. The Morgan fingerprint density at radius 3 is 2.71 bits per heavy atom. The third-order valence-electron chi connectivity index (χ3n) is 3.28. The smallest absolute Gasteiger partial charge is 0.251 e. The normalized spacial score (nSPS) is 10.5. The number of amides is 2. The fourth-order valence-corrected chi connectivity index (χ4v) is 3.44. The minimum Gasteiger partial charge on any atom is -0.366 e. The molecular formula is C17H18ClN3O2S. The van der Waals surface area contributed by atoms with Gasteiger partial charge in [0, 0.05) is 17.3 Å². The van der Waals surface area contributed by atoms with Crippen LogP contribution in [0.3, 0.4) is 0 Å². The highest BCUT2D eigenvalue weighted by Crippen LogP contribution is 2.23. The Morgan fingerprint density at radius 2 is 2.04 bits per heavy atom. The number of nitrogens with zero attached hydrogens (tertiary/aromatic N) is 1. The van der Waals surface area contributed by atoms with Crippen LogP contribution in [0, 0.1) is 13.8 Å². The van der Waals surface area contributed by atoms with Crippen molar-refractivity contribution in [3.63, 3.8) is 0 Å². The van der Waals surface area contributed by atoms with Crippen molar-refractivity contribution >= 4 is 35.2 Å². The van der Waals surface area contributed by atoms with Crippen molar-refractivity contribution in [3.8, 4) is 0 Å². The van der Waals surface area contributed by atoms with Crippen LogP contribution in [0.5, 0.6) is 0 Å². The molecule has 0 saturated carbocycles. The SMILES string of the molecule is Cc1cc(C)c(C(N)=O)c(SCC(=O)NCc2cccc(Cl)c2)n1. The summed E-state index contributed by atoms with van der Waals surface area (Å²) in [6.45, 7) is 4.03. The van der Waals surface area contributed by atoms with Crippen molar-refractivity contribution in [2.75, 3.05) is 5.75 Å². The molecule has 0 radical (unpaired) electrons. The third-order valence-corrected chi connectivity index (χ3v) is 4.49. The fraction of sp³-hybridized carbons (Fsp3) is 0.235. The van der Waals surface area contributed by atoms with Crippen molar-refractivity contribution in [3.05, 3.63) is 57.7 Å². The van der Waals surface area contributed by atoms with Crippen LogP contribution in [-0.2, 0) is 11.3 Å². The molecule has 0 atom stereocenters. The Hall–Kier alpha value is -2.05. The number of benzene rings is 1. The van der Waals surface area contributed by atoms with Gasteiger partial charge in [-0.3, -0.25) is 9.59 Å². The molecule has 0 saturated heterocycles. The second kappa shape index (κ2) is 8.17. The number of nitrogens with one attached hydrogen (secondary N) is 1. The highest BCUT2D eigenvalue weighted by molar-refractivity contribution is 8.00. The molecule has 0 unspecified atom stereocenters. The van der Waals surface area contributed by atoms with E-state index in [1.54, 1.807) is 25.1 Å². The number of primary amides is 1. The summed E-state index contributed by atoms with van der Waals surface area (Å²) in [7, 11) is 0. The molecule has 2 rings (SSSR count). The summed E-state index contributed by atoms with van der Waals surface area (Å²) in [6, 6.07) is 9.09. The zero-order chi connectivity index (χ0) is 17.7. The molecule has 2 aromatic rings. The molecule has 1 aromatic heterocycles. The lowest BCUT2D eigenvalue weighted by Crippen LogP contribution is -2.25. The van der Waals surface area contributed by atoms with Crippen molar-refractivity contribution < 1.29 is 9.59 Å². The molecule has 3 N–H and O–H groups in total. The van der Waals surface area contributed by atoms with E-state index in [4.69, 9.17) is 17.3 Å². The first-order chi connectivity index (χ1) is 11.4. The third kappa shape index (κ3) is 4.97. The van der Waals surface area contributed by atoms with Crippen LogP contribution in [-0.4, -0.2) is 22.6 Å². The number of carbonyl (C=O) groups excluding carboxylic acids is 2. The number of aromatic nitrogens is 1. The highest BCUT2D eigenvalue weighted by atomic mass is 35.5. The zero-order valence-corrected chi connectivity index (χ0v) is 15.0. The number of hydrogen-bond donors (Lipinski definition) is 2. The van der Waals surface area contributed by atoms with Gasteiger partial charge in [0.05, 0.1) is 11.3 Å². The Balaban J connectivity index is 1.98. The van der Waals surface area contributed by atoms with Crippen LogP contribution in [0.25, 0.3) is 0 Å². The van der Waals surface area contributed by atoms with Gasteiger partial charge in [-0.15, -0.1) is 0 Å². The Labute approximate surface area is 150 Å². The first-order valence-corrected chi connectivity index (χ1v) is 8.65. The van der Waals surface area contributed by atoms with E-state index >= 15 is 0 Å². The van der Waals surface area contributed by atoms with E-state index < -0.39 is 5.91 Å². The summed E-state index contributed by atoms with van der Waals surface area (Å²) in [5, 5.41) is 3.92. The lowest BCUT2D eigenvalue weighted by atomic mass is 10.1. The molecule has 0 aliphatic carbocycles. The quantitative estimate of drug-likeness (QED) is 0.773. The molecule has 126 valence electrons. The van der Waals surface area contributed by atoms with E-state index in [2.05, 4.69) is 10.3 Å². The zero-order valence-electron chi connectivity index (χ0n) is 13.4. The van der Waals surface area contributed by atoms with Crippen LogP contribution in [0.4, 0.5) is 0 Å². The highest BCUT2D eigenvalue weighted by Gasteiger charge is 2.15. The van der Waals surface area contributed by atoms with Crippen LogP contribution >= 0.6 is 23.4 Å². The van der Waals surface area contributed by atoms with Crippen LogP contribution in [0.15, 0.2) is 35.4 Å². The molecule has 7 heteroatoms. The number of halogens is 1. The molecule has 2 amide bonds. The maximum Gasteiger partial charge on any atom is 0.251 e. The Kier molecular flexibility index (Phi) is 6.23. The van der Waals surface area contributed by atoms with Gasteiger partial charge in [0.1, 0.15) is 5.03 Å². The number of nitrogens with two attached hydrogens (primary N) is 1. The maximum absolute atomic E-state index is 12.0. The second-order valence-corrected chi connectivity index (χ2v) is 6.72. The fourth-order valence-electron chi connectivity index (χ4n) is 2.24. The summed E-state index contributed by atoms with van der Waals surface area (Å²) in [6.07, 6.45) is 0. The predicted molar refractivity (Wildman–Crippen MR) is 96.3 cm³/mol. The summed E-state index contributed by atoms with van der Waals surface area (Å²) in [5.41, 5.74) is 8.24. The van der Waals surface area contributed by atoms with Gasteiger partial charge in [0.25, 0.3) is 5.91 Å². The van der Waals surface area contributed by atoms with E-state index in [1.165, 1.54) is 11.8 Å². The number of hydrogen-bond acceptors (Lipinski definition) is 4.